The Balaban J connectivity index is 1.44. The fraction of sp³-hybridized carbons (Fsp3) is 0.400. The SMILES string of the molecule is Cn1c(=O)c(C#N)c(N2CCC(/C(=N/OCC3CC3)c3ccccn3)CC2)c2nc(Cl)ccc21. The molecule has 0 unspecified atom stereocenters. The molecule has 4 heterocycles. The van der Waals surface area contributed by atoms with Crippen LogP contribution in [-0.2, 0) is 11.9 Å². The molecule has 0 aromatic carbocycles. The molecule has 2 fully saturated rings. The summed E-state index contributed by atoms with van der Waals surface area (Å²) < 4.78 is 1.45. The van der Waals surface area contributed by atoms with Gasteiger partial charge < -0.3 is 14.3 Å². The monoisotopic (exact) mass is 476 g/mol. The highest BCUT2D eigenvalue weighted by molar-refractivity contribution is 6.29. The quantitative estimate of drug-likeness (QED) is 0.304. The minimum Gasteiger partial charge on any atom is -0.395 e. The smallest absolute Gasteiger partial charge is 0.270 e. The van der Waals surface area contributed by atoms with Crippen LogP contribution >= 0.6 is 11.6 Å². The number of fused-ring (bicyclic) bond motifs is 1. The summed E-state index contributed by atoms with van der Waals surface area (Å²) in [5, 5.41) is 14.7. The van der Waals surface area contributed by atoms with Gasteiger partial charge in [-0.15, -0.1) is 0 Å². The van der Waals surface area contributed by atoms with E-state index >= 15 is 0 Å². The maximum absolute atomic E-state index is 12.9. The minimum atomic E-state index is -0.333. The molecule has 0 radical (unpaired) electrons. The van der Waals surface area contributed by atoms with E-state index < -0.39 is 0 Å². The molecule has 1 saturated carbocycles. The van der Waals surface area contributed by atoms with Crippen molar-refractivity contribution in [2.24, 2.45) is 24.0 Å². The minimum absolute atomic E-state index is 0.0922. The average Bonchev–Trinajstić information content (AvgIpc) is 3.69. The van der Waals surface area contributed by atoms with E-state index in [4.69, 9.17) is 16.4 Å². The molecule has 9 heteroatoms. The van der Waals surface area contributed by atoms with E-state index in [1.54, 1.807) is 25.4 Å². The number of hydrogen-bond acceptors (Lipinski definition) is 7. The van der Waals surface area contributed by atoms with Gasteiger partial charge in [-0.2, -0.15) is 5.26 Å². The summed E-state index contributed by atoms with van der Waals surface area (Å²) in [6.45, 7) is 1.93. The molecule has 0 spiro atoms. The Morgan fingerprint density at radius 2 is 2.03 bits per heavy atom. The van der Waals surface area contributed by atoms with Crippen LogP contribution in [-0.4, -0.2) is 39.9 Å². The number of aryl methyl sites for hydroxylation is 1. The molecule has 1 aliphatic carbocycles. The van der Waals surface area contributed by atoms with Crippen LogP contribution in [0.15, 0.2) is 46.5 Å². The van der Waals surface area contributed by atoms with Gasteiger partial charge in [0.25, 0.3) is 5.56 Å². The van der Waals surface area contributed by atoms with E-state index in [9.17, 15) is 10.1 Å². The number of rotatable bonds is 6. The molecule has 0 amide bonds. The lowest BCUT2D eigenvalue weighted by Gasteiger charge is -2.34. The first-order chi connectivity index (χ1) is 16.6. The average molecular weight is 477 g/mol. The predicted molar refractivity (Wildman–Crippen MR) is 131 cm³/mol. The zero-order chi connectivity index (χ0) is 23.7. The summed E-state index contributed by atoms with van der Waals surface area (Å²) in [7, 11) is 1.65. The first kappa shape index (κ1) is 22.4. The van der Waals surface area contributed by atoms with Gasteiger partial charge in [-0.05, 0) is 55.9 Å². The number of pyridine rings is 3. The molecule has 3 aromatic rings. The second kappa shape index (κ2) is 9.43. The second-order valence-corrected chi connectivity index (χ2v) is 9.28. The number of oxime groups is 1. The predicted octanol–water partition coefficient (Wildman–Crippen LogP) is 3.90. The topological polar surface area (TPSA) is 96.4 Å². The maximum Gasteiger partial charge on any atom is 0.270 e. The van der Waals surface area contributed by atoms with Crippen molar-refractivity contribution in [1.82, 2.24) is 14.5 Å². The third-order valence-electron chi connectivity index (χ3n) is 6.59. The molecule has 0 N–H and O–H groups in total. The number of nitrogens with zero attached hydrogens (tertiary/aromatic N) is 6. The zero-order valence-corrected chi connectivity index (χ0v) is 19.7. The zero-order valence-electron chi connectivity index (χ0n) is 18.9. The molecular formula is C25H25ClN6O2. The Labute approximate surface area is 202 Å². The third-order valence-corrected chi connectivity index (χ3v) is 6.80. The number of hydrogen-bond donors (Lipinski definition) is 0. The summed E-state index contributed by atoms with van der Waals surface area (Å²) in [5.74, 6) is 0.776. The van der Waals surface area contributed by atoms with Gasteiger partial charge in [-0.1, -0.05) is 22.8 Å². The first-order valence-electron chi connectivity index (χ1n) is 11.5. The molecule has 8 nitrogen and oxygen atoms in total. The van der Waals surface area contributed by atoms with Gasteiger partial charge in [-0.3, -0.25) is 9.78 Å². The van der Waals surface area contributed by atoms with E-state index in [0.29, 0.717) is 47.5 Å². The number of halogens is 1. The Hall–Kier alpha value is -3.44. The standard InChI is InChI=1S/C25H25ClN6O2/c1-31-20-7-8-21(26)29-23(20)24(18(14-27)25(31)33)32-12-9-17(10-13-32)22(19-4-2-3-11-28-19)30-34-15-16-5-6-16/h2-4,7-8,11,16-17H,5-6,9-10,12-13,15H2,1H3/b30-22-. The van der Waals surface area contributed by atoms with Crippen LogP contribution in [0.25, 0.3) is 11.0 Å². The number of aromatic nitrogens is 3. The van der Waals surface area contributed by atoms with Crippen molar-refractivity contribution in [2.75, 3.05) is 24.6 Å². The number of nitriles is 1. The molecule has 2 aliphatic rings. The van der Waals surface area contributed by atoms with E-state index in [2.05, 4.69) is 26.1 Å². The number of anilines is 1. The van der Waals surface area contributed by atoms with Crippen molar-refractivity contribution in [3.8, 4) is 6.07 Å². The van der Waals surface area contributed by atoms with Crippen LogP contribution in [0, 0.1) is 23.2 Å². The second-order valence-electron chi connectivity index (χ2n) is 8.89. The fourth-order valence-electron chi connectivity index (χ4n) is 4.50. The Morgan fingerprint density at radius 3 is 2.71 bits per heavy atom. The lowest BCUT2D eigenvalue weighted by Crippen LogP contribution is -2.39. The largest absolute Gasteiger partial charge is 0.395 e. The lowest BCUT2D eigenvalue weighted by molar-refractivity contribution is 0.132. The van der Waals surface area contributed by atoms with Crippen LogP contribution in [0.1, 0.15) is 36.9 Å². The molecule has 3 aromatic heterocycles. The highest BCUT2D eigenvalue weighted by Crippen LogP contribution is 2.33. The van der Waals surface area contributed by atoms with Gasteiger partial charge in [0.2, 0.25) is 0 Å². The van der Waals surface area contributed by atoms with Gasteiger partial charge >= 0.3 is 0 Å². The highest BCUT2D eigenvalue weighted by Gasteiger charge is 2.30. The van der Waals surface area contributed by atoms with Crippen molar-refractivity contribution < 1.29 is 4.84 Å². The Bertz CT molecular complexity index is 1340. The summed E-state index contributed by atoms with van der Waals surface area (Å²) in [6, 6.07) is 11.3. The van der Waals surface area contributed by atoms with Crippen molar-refractivity contribution >= 4 is 34.0 Å². The fourth-order valence-corrected chi connectivity index (χ4v) is 4.64. The third kappa shape index (κ3) is 4.36. The molecule has 5 rings (SSSR count). The van der Waals surface area contributed by atoms with Crippen molar-refractivity contribution in [1.29, 1.82) is 5.26 Å². The van der Waals surface area contributed by atoms with Crippen LogP contribution in [0.5, 0.6) is 0 Å². The normalized spacial score (nSPS) is 17.1. The van der Waals surface area contributed by atoms with Crippen LogP contribution < -0.4 is 10.5 Å². The molecule has 1 aliphatic heterocycles. The molecular weight excluding hydrogens is 452 g/mol. The summed E-state index contributed by atoms with van der Waals surface area (Å²) in [4.78, 5) is 29.7. The first-order valence-corrected chi connectivity index (χ1v) is 11.9. The summed E-state index contributed by atoms with van der Waals surface area (Å²) in [5.41, 5.74) is 3.21. The van der Waals surface area contributed by atoms with E-state index in [1.807, 2.05) is 18.2 Å². The molecule has 34 heavy (non-hydrogen) atoms. The summed E-state index contributed by atoms with van der Waals surface area (Å²) in [6.07, 6.45) is 5.74. The van der Waals surface area contributed by atoms with Gasteiger partial charge in [0, 0.05) is 32.3 Å². The Morgan fingerprint density at radius 1 is 1.24 bits per heavy atom. The van der Waals surface area contributed by atoms with Gasteiger partial charge in [0.15, 0.2) is 0 Å². The molecule has 1 saturated heterocycles. The van der Waals surface area contributed by atoms with Crippen molar-refractivity contribution in [3.63, 3.8) is 0 Å². The maximum atomic E-state index is 12.9. The van der Waals surface area contributed by atoms with Gasteiger partial charge in [0.05, 0.1) is 16.9 Å². The van der Waals surface area contributed by atoms with Gasteiger partial charge in [0.1, 0.15) is 34.6 Å². The van der Waals surface area contributed by atoms with Gasteiger partial charge in [-0.25, -0.2) is 4.98 Å². The van der Waals surface area contributed by atoms with Crippen LogP contribution in [0.3, 0.4) is 0 Å². The Kier molecular flexibility index (Phi) is 6.20. The van der Waals surface area contributed by atoms with E-state index in [1.165, 1.54) is 17.4 Å². The van der Waals surface area contributed by atoms with Crippen molar-refractivity contribution in [3.05, 3.63) is 63.3 Å². The number of piperidine rings is 1. The van der Waals surface area contributed by atoms with E-state index in [-0.39, 0.29) is 17.0 Å². The molecule has 174 valence electrons. The highest BCUT2D eigenvalue weighted by atomic mass is 35.5. The van der Waals surface area contributed by atoms with Crippen LogP contribution in [0.4, 0.5) is 5.69 Å². The molecule has 0 bridgehead atoms. The molecule has 0 atom stereocenters. The van der Waals surface area contributed by atoms with E-state index in [0.717, 1.165) is 24.2 Å². The summed E-state index contributed by atoms with van der Waals surface area (Å²) >= 11 is 6.19. The lowest BCUT2D eigenvalue weighted by atomic mass is 9.89. The van der Waals surface area contributed by atoms with Crippen molar-refractivity contribution in [2.45, 2.75) is 25.7 Å². The van der Waals surface area contributed by atoms with Crippen LogP contribution in [0.2, 0.25) is 5.15 Å².